The number of methoxy groups -OCH3 is 1. The molecule has 0 radical (unpaired) electrons. The van der Waals surface area contributed by atoms with Gasteiger partial charge in [0.1, 0.15) is 0 Å². The summed E-state index contributed by atoms with van der Waals surface area (Å²) in [5, 5.41) is 0. The van der Waals surface area contributed by atoms with Gasteiger partial charge in [-0.05, 0) is 25.0 Å². The molecule has 4 heteroatoms. The second-order valence-electron chi connectivity index (χ2n) is 5.60. The van der Waals surface area contributed by atoms with E-state index < -0.39 is 0 Å². The quantitative estimate of drug-likeness (QED) is 0.894. The Kier molecular flexibility index (Phi) is 5.54. The minimum atomic E-state index is 0.0592. The first-order valence-electron chi connectivity index (χ1n) is 7.32. The molecule has 4 nitrogen and oxygen atoms in total. The first kappa shape index (κ1) is 15.4. The third kappa shape index (κ3) is 3.38. The first-order valence-corrected chi connectivity index (χ1v) is 7.32. The molecule has 2 unspecified atom stereocenters. The highest BCUT2D eigenvalue weighted by molar-refractivity contribution is 5.27. The topological polar surface area (TPSA) is 47.7 Å². The molecule has 2 rings (SSSR count). The average molecular weight is 278 g/mol. The fourth-order valence-electron chi connectivity index (χ4n) is 2.97. The summed E-state index contributed by atoms with van der Waals surface area (Å²) in [4.78, 5) is 2.48. The lowest BCUT2D eigenvalue weighted by molar-refractivity contribution is -0.0789. The minimum absolute atomic E-state index is 0.0592. The molecule has 1 aliphatic heterocycles. The highest BCUT2D eigenvalue weighted by Gasteiger charge is 2.34. The van der Waals surface area contributed by atoms with Crippen molar-refractivity contribution in [2.45, 2.75) is 38.6 Å². The van der Waals surface area contributed by atoms with Crippen LogP contribution in [0.25, 0.3) is 0 Å². The van der Waals surface area contributed by atoms with Crippen LogP contribution in [0.1, 0.15) is 31.0 Å². The third-order valence-corrected chi connectivity index (χ3v) is 3.89. The largest absolute Gasteiger partial charge is 0.380 e. The van der Waals surface area contributed by atoms with Gasteiger partial charge in [-0.2, -0.15) is 0 Å². The molecule has 1 aromatic rings. The zero-order chi connectivity index (χ0) is 14.5. The molecule has 1 aromatic carbocycles. The van der Waals surface area contributed by atoms with Crippen molar-refractivity contribution in [3.63, 3.8) is 0 Å². The average Bonchev–Trinajstić information content (AvgIpc) is 2.47. The van der Waals surface area contributed by atoms with Crippen LogP contribution >= 0.6 is 0 Å². The van der Waals surface area contributed by atoms with E-state index in [1.165, 1.54) is 11.1 Å². The van der Waals surface area contributed by atoms with Crippen LogP contribution < -0.4 is 5.73 Å². The van der Waals surface area contributed by atoms with Crippen molar-refractivity contribution >= 4 is 0 Å². The maximum Gasteiger partial charge on any atom is 0.0894 e. The normalized spacial score (nSPS) is 24.2. The van der Waals surface area contributed by atoms with Gasteiger partial charge in [0.25, 0.3) is 0 Å². The Hall–Kier alpha value is -0.940. The fraction of sp³-hybridized carbons (Fsp3) is 0.625. The van der Waals surface area contributed by atoms with Gasteiger partial charge in [-0.3, -0.25) is 4.90 Å². The molecule has 0 aliphatic carbocycles. The fourth-order valence-corrected chi connectivity index (χ4v) is 2.97. The predicted molar refractivity (Wildman–Crippen MR) is 80.5 cm³/mol. The van der Waals surface area contributed by atoms with E-state index in [1.54, 1.807) is 7.11 Å². The van der Waals surface area contributed by atoms with Crippen LogP contribution in [-0.2, 0) is 16.1 Å². The number of morpholine rings is 1. The lowest BCUT2D eigenvalue weighted by Crippen LogP contribution is -2.50. The molecule has 0 amide bonds. The van der Waals surface area contributed by atoms with Gasteiger partial charge in [-0.1, -0.05) is 24.3 Å². The molecule has 112 valence electrons. The van der Waals surface area contributed by atoms with Crippen molar-refractivity contribution in [2.24, 2.45) is 5.73 Å². The Bertz CT molecular complexity index is 423. The smallest absolute Gasteiger partial charge is 0.0894 e. The molecule has 1 fully saturated rings. The summed E-state index contributed by atoms with van der Waals surface area (Å²) in [6.07, 6.45) is 0.0592. The van der Waals surface area contributed by atoms with E-state index in [2.05, 4.69) is 43.0 Å². The molecular weight excluding hydrogens is 252 g/mol. The number of hydrogen-bond donors (Lipinski definition) is 1. The molecule has 0 aromatic heterocycles. The van der Waals surface area contributed by atoms with Crippen molar-refractivity contribution in [1.82, 2.24) is 4.90 Å². The zero-order valence-electron chi connectivity index (χ0n) is 12.7. The van der Waals surface area contributed by atoms with E-state index in [4.69, 9.17) is 15.2 Å². The van der Waals surface area contributed by atoms with Crippen molar-refractivity contribution in [3.05, 3.63) is 35.4 Å². The SMILES string of the molecule is COCc1cccc(C2C(CN)OCCN2C(C)C)c1. The van der Waals surface area contributed by atoms with Crippen molar-refractivity contribution in [2.75, 3.05) is 26.8 Å². The number of ether oxygens (including phenoxy) is 2. The Balaban J connectivity index is 2.30. The molecule has 1 heterocycles. The van der Waals surface area contributed by atoms with Gasteiger partial charge < -0.3 is 15.2 Å². The van der Waals surface area contributed by atoms with E-state index in [9.17, 15) is 0 Å². The standard InChI is InChI=1S/C16H26N2O2/c1-12(2)18-7-8-20-15(10-17)16(18)14-6-4-5-13(9-14)11-19-3/h4-6,9,12,15-16H,7-8,10-11,17H2,1-3H3. The van der Waals surface area contributed by atoms with Crippen LogP contribution in [0.3, 0.4) is 0 Å². The molecule has 0 spiro atoms. The van der Waals surface area contributed by atoms with Crippen molar-refractivity contribution < 1.29 is 9.47 Å². The highest BCUT2D eigenvalue weighted by Crippen LogP contribution is 2.31. The zero-order valence-corrected chi connectivity index (χ0v) is 12.7. The van der Waals surface area contributed by atoms with Gasteiger partial charge in [0, 0.05) is 26.2 Å². The Morgan fingerprint density at radius 2 is 2.25 bits per heavy atom. The summed E-state index contributed by atoms with van der Waals surface area (Å²) in [6.45, 7) is 7.34. The summed E-state index contributed by atoms with van der Waals surface area (Å²) in [6, 6.07) is 9.25. The third-order valence-electron chi connectivity index (χ3n) is 3.89. The van der Waals surface area contributed by atoms with Crippen LogP contribution in [0, 0.1) is 0 Å². The van der Waals surface area contributed by atoms with Gasteiger partial charge in [-0.15, -0.1) is 0 Å². The second-order valence-corrected chi connectivity index (χ2v) is 5.60. The number of hydrogen-bond acceptors (Lipinski definition) is 4. The molecule has 0 bridgehead atoms. The maximum absolute atomic E-state index is 5.91. The van der Waals surface area contributed by atoms with Crippen molar-refractivity contribution in [1.29, 1.82) is 0 Å². The predicted octanol–water partition coefficient (Wildman–Crippen LogP) is 1.94. The van der Waals surface area contributed by atoms with Gasteiger partial charge in [0.2, 0.25) is 0 Å². The van der Waals surface area contributed by atoms with Gasteiger partial charge in [0.15, 0.2) is 0 Å². The van der Waals surface area contributed by atoms with Crippen LogP contribution in [0.2, 0.25) is 0 Å². The summed E-state index contributed by atoms with van der Waals surface area (Å²) in [7, 11) is 1.72. The van der Waals surface area contributed by atoms with Crippen LogP contribution in [0.15, 0.2) is 24.3 Å². The summed E-state index contributed by atoms with van der Waals surface area (Å²) in [5.74, 6) is 0. The monoisotopic (exact) mass is 278 g/mol. The number of rotatable bonds is 5. The first-order chi connectivity index (χ1) is 9.67. The van der Waals surface area contributed by atoms with Gasteiger partial charge >= 0.3 is 0 Å². The molecule has 2 N–H and O–H groups in total. The van der Waals surface area contributed by atoms with E-state index in [0.29, 0.717) is 19.2 Å². The van der Waals surface area contributed by atoms with Gasteiger partial charge in [-0.25, -0.2) is 0 Å². The van der Waals surface area contributed by atoms with E-state index >= 15 is 0 Å². The summed E-state index contributed by atoms with van der Waals surface area (Å²) < 4.78 is 11.1. The van der Waals surface area contributed by atoms with Crippen LogP contribution in [0.5, 0.6) is 0 Å². The number of benzene rings is 1. The van der Waals surface area contributed by atoms with E-state index in [1.807, 2.05) is 0 Å². The second kappa shape index (κ2) is 7.18. The lowest BCUT2D eigenvalue weighted by Gasteiger charge is -2.43. The summed E-state index contributed by atoms with van der Waals surface area (Å²) >= 11 is 0. The molecule has 1 saturated heterocycles. The molecular formula is C16H26N2O2. The number of nitrogens with two attached hydrogens (primary N) is 1. The van der Waals surface area contributed by atoms with Gasteiger partial charge in [0.05, 0.1) is 25.4 Å². The molecule has 0 saturated carbocycles. The Morgan fingerprint density at radius 1 is 1.45 bits per heavy atom. The summed E-state index contributed by atoms with van der Waals surface area (Å²) in [5.41, 5.74) is 8.37. The van der Waals surface area contributed by atoms with E-state index in [-0.39, 0.29) is 12.1 Å². The highest BCUT2D eigenvalue weighted by atomic mass is 16.5. The lowest BCUT2D eigenvalue weighted by atomic mass is 9.95. The molecule has 2 atom stereocenters. The maximum atomic E-state index is 5.91. The minimum Gasteiger partial charge on any atom is -0.380 e. The molecule has 20 heavy (non-hydrogen) atoms. The van der Waals surface area contributed by atoms with Crippen LogP contribution in [-0.4, -0.2) is 43.9 Å². The molecule has 1 aliphatic rings. The Labute approximate surface area is 121 Å². The number of nitrogens with zero attached hydrogens (tertiary/aromatic N) is 1. The Morgan fingerprint density at radius 3 is 2.90 bits per heavy atom. The van der Waals surface area contributed by atoms with E-state index in [0.717, 1.165) is 13.2 Å². The van der Waals surface area contributed by atoms with Crippen LogP contribution in [0.4, 0.5) is 0 Å². The van der Waals surface area contributed by atoms with Crippen molar-refractivity contribution in [3.8, 4) is 0 Å².